The monoisotopic (exact) mass is 218 g/mol. The molecule has 0 aliphatic rings. The fourth-order valence-corrected chi connectivity index (χ4v) is 1.41. The van der Waals surface area contributed by atoms with E-state index in [1.807, 2.05) is 32.9 Å². The van der Waals surface area contributed by atoms with Crippen LogP contribution in [0.2, 0.25) is 0 Å². The fraction of sp³-hybridized carbons (Fsp3) is 0.333. The summed E-state index contributed by atoms with van der Waals surface area (Å²) in [5.74, 6) is 0. The number of rotatable bonds is 2. The van der Waals surface area contributed by atoms with E-state index in [0.29, 0.717) is 5.69 Å². The van der Waals surface area contributed by atoms with E-state index in [4.69, 9.17) is 0 Å². The van der Waals surface area contributed by atoms with Gasteiger partial charge in [-0.2, -0.15) is 0 Å². The molecule has 0 heterocycles. The van der Waals surface area contributed by atoms with Crippen LogP contribution < -0.4 is 51.4 Å². The molecule has 0 spiro atoms. The molecule has 0 saturated heterocycles. The minimum atomic E-state index is -0.662. The van der Waals surface area contributed by atoms with Crippen molar-refractivity contribution < 1.29 is 56.4 Å². The van der Waals surface area contributed by atoms with Crippen molar-refractivity contribution >= 4 is 5.69 Å². The summed E-state index contributed by atoms with van der Waals surface area (Å²) < 4.78 is 0. The molecular formula is C9H11KN2O2. The number of hydrogen-bond acceptors (Lipinski definition) is 2. The summed E-state index contributed by atoms with van der Waals surface area (Å²) in [7, 11) is 0. The zero-order chi connectivity index (χ0) is 10.0. The first-order valence-corrected chi connectivity index (χ1v) is 3.94. The van der Waals surface area contributed by atoms with Crippen LogP contribution in [0.3, 0.4) is 0 Å². The smallest absolute Gasteiger partial charge is 0.348 e. The summed E-state index contributed by atoms with van der Waals surface area (Å²) in [6.07, 6.45) is 0. The predicted molar refractivity (Wildman–Crippen MR) is 50.7 cm³/mol. The molecule has 0 fully saturated rings. The van der Waals surface area contributed by atoms with Crippen molar-refractivity contribution in [3.63, 3.8) is 0 Å². The van der Waals surface area contributed by atoms with Crippen LogP contribution >= 0.6 is 0 Å². The third-order valence-electron chi connectivity index (χ3n) is 1.82. The van der Waals surface area contributed by atoms with E-state index in [1.54, 1.807) is 0 Å². The summed E-state index contributed by atoms with van der Waals surface area (Å²) in [5, 5.41) is 9.53. The van der Waals surface area contributed by atoms with Gasteiger partial charge in [0, 0.05) is 0 Å². The molecule has 70 valence electrons. The van der Waals surface area contributed by atoms with E-state index in [-0.39, 0.29) is 51.4 Å². The third kappa shape index (κ3) is 3.66. The summed E-state index contributed by atoms with van der Waals surface area (Å²) in [5.41, 5.74) is 6.57. The molecule has 1 rings (SSSR count). The maximum absolute atomic E-state index is 10.2. The van der Waals surface area contributed by atoms with Crippen molar-refractivity contribution in [2.24, 2.45) is 0 Å². The third-order valence-corrected chi connectivity index (χ3v) is 1.82. The number of nitrogens with zero attached hydrogens (tertiary/aromatic N) is 2. The minimum Gasteiger partial charge on any atom is -0.348 e. The van der Waals surface area contributed by atoms with Gasteiger partial charge in [-0.05, 0) is 25.8 Å². The van der Waals surface area contributed by atoms with Crippen LogP contribution in [0.1, 0.15) is 16.7 Å². The van der Waals surface area contributed by atoms with Gasteiger partial charge in [0.25, 0.3) is 0 Å². The van der Waals surface area contributed by atoms with Gasteiger partial charge in [-0.3, -0.25) is 10.1 Å². The average molecular weight is 218 g/mol. The molecule has 0 atom stereocenters. The van der Waals surface area contributed by atoms with E-state index in [2.05, 4.69) is 5.43 Å². The second-order valence-corrected chi connectivity index (χ2v) is 3.09. The molecule has 0 aliphatic carbocycles. The largest absolute Gasteiger partial charge is 1.00 e. The fourth-order valence-electron chi connectivity index (χ4n) is 1.41. The van der Waals surface area contributed by atoms with Crippen LogP contribution in [0, 0.1) is 30.9 Å². The molecule has 1 aromatic carbocycles. The molecule has 5 heteroatoms. The van der Waals surface area contributed by atoms with E-state index < -0.39 is 5.03 Å². The second-order valence-electron chi connectivity index (χ2n) is 3.09. The Kier molecular flexibility index (Phi) is 5.84. The Hall–Kier alpha value is 0.0564. The van der Waals surface area contributed by atoms with Gasteiger partial charge >= 0.3 is 51.4 Å². The molecule has 1 aromatic rings. The molecule has 14 heavy (non-hydrogen) atoms. The van der Waals surface area contributed by atoms with Gasteiger partial charge in [0.2, 0.25) is 0 Å². The van der Waals surface area contributed by atoms with Gasteiger partial charge in [-0.25, -0.2) is 0 Å². The average Bonchev–Trinajstić information content (AvgIpc) is 1.96. The van der Waals surface area contributed by atoms with Gasteiger partial charge in [-0.1, -0.05) is 34.5 Å². The first-order chi connectivity index (χ1) is 6.00. The summed E-state index contributed by atoms with van der Waals surface area (Å²) in [6.45, 7) is 5.60. The molecule has 0 aliphatic heterocycles. The molecule has 0 aromatic heterocycles. The normalized spacial score (nSPS) is 9.07. The van der Waals surface area contributed by atoms with Crippen LogP contribution in [0.5, 0.6) is 0 Å². The Bertz CT molecular complexity index is 330. The van der Waals surface area contributed by atoms with Gasteiger partial charge in [0.1, 0.15) is 0 Å². The quantitative estimate of drug-likeness (QED) is 0.392. The summed E-state index contributed by atoms with van der Waals surface area (Å²) in [4.78, 5) is 10.2. The number of benzene rings is 1. The first-order valence-electron chi connectivity index (χ1n) is 3.94. The Morgan fingerprint density at radius 2 is 1.64 bits per heavy atom. The van der Waals surface area contributed by atoms with Gasteiger partial charge < -0.3 is 5.43 Å². The van der Waals surface area contributed by atoms with Gasteiger partial charge in [0.05, 0.1) is 0 Å². The van der Waals surface area contributed by atoms with Crippen LogP contribution in [-0.4, -0.2) is 5.03 Å². The maximum atomic E-state index is 10.2. The van der Waals surface area contributed by atoms with Crippen LogP contribution in [-0.2, 0) is 0 Å². The predicted octanol–water partition coefficient (Wildman–Crippen LogP) is -0.187. The molecule has 0 bridgehead atoms. The van der Waals surface area contributed by atoms with E-state index in [1.165, 1.54) is 0 Å². The SMILES string of the molecule is Cc1cc(C)c([N-][N+](=O)[O-])c(C)c1.[K+]. The summed E-state index contributed by atoms with van der Waals surface area (Å²) in [6, 6.07) is 3.77. The number of nitro groups is 1. The molecular weight excluding hydrogens is 207 g/mol. The molecule has 4 nitrogen and oxygen atoms in total. The zero-order valence-electron chi connectivity index (χ0n) is 8.87. The van der Waals surface area contributed by atoms with Crippen LogP contribution in [0.15, 0.2) is 12.1 Å². The molecule has 0 saturated carbocycles. The Morgan fingerprint density at radius 1 is 1.21 bits per heavy atom. The van der Waals surface area contributed by atoms with Crippen LogP contribution in [0.25, 0.3) is 5.43 Å². The van der Waals surface area contributed by atoms with Crippen molar-refractivity contribution in [3.05, 3.63) is 44.4 Å². The Balaban J connectivity index is 0.00000169. The topological polar surface area (TPSA) is 57.2 Å². The molecule has 0 unspecified atom stereocenters. The number of aryl methyl sites for hydroxylation is 3. The molecule has 0 N–H and O–H groups in total. The zero-order valence-corrected chi connectivity index (χ0v) is 12.0. The van der Waals surface area contributed by atoms with Crippen molar-refractivity contribution in [3.8, 4) is 0 Å². The van der Waals surface area contributed by atoms with Crippen molar-refractivity contribution in [2.75, 3.05) is 0 Å². The van der Waals surface area contributed by atoms with Crippen molar-refractivity contribution in [2.45, 2.75) is 20.8 Å². The van der Waals surface area contributed by atoms with E-state index in [9.17, 15) is 10.1 Å². The standard InChI is InChI=1S/C9H11N2O2.K/c1-6-4-7(2)9(8(3)5-6)10-11(12)13;/h4-5H,1-3H3;/q-1;+1. The minimum absolute atomic E-state index is 0. The maximum Gasteiger partial charge on any atom is 1.00 e. The molecule has 0 amide bonds. The molecule has 0 radical (unpaired) electrons. The van der Waals surface area contributed by atoms with Crippen LogP contribution in [0.4, 0.5) is 5.69 Å². The van der Waals surface area contributed by atoms with Crippen molar-refractivity contribution in [1.29, 1.82) is 0 Å². The Morgan fingerprint density at radius 3 is 2.00 bits per heavy atom. The Labute approximate surface area is 126 Å². The van der Waals surface area contributed by atoms with Crippen molar-refractivity contribution in [1.82, 2.24) is 0 Å². The summed E-state index contributed by atoms with van der Waals surface area (Å²) >= 11 is 0. The van der Waals surface area contributed by atoms with Gasteiger partial charge in [0.15, 0.2) is 0 Å². The van der Waals surface area contributed by atoms with E-state index >= 15 is 0 Å². The second kappa shape index (κ2) is 5.82. The first kappa shape index (κ1) is 14.1. The van der Waals surface area contributed by atoms with E-state index in [0.717, 1.165) is 16.7 Å². The van der Waals surface area contributed by atoms with Gasteiger partial charge in [-0.15, -0.1) is 0 Å². The number of hydrogen-bond donors (Lipinski definition) is 0.